The second kappa shape index (κ2) is 7.84. The second-order valence-corrected chi connectivity index (χ2v) is 5.70. The molecular weight excluding hydrogens is 306 g/mol. The highest BCUT2D eigenvalue weighted by molar-refractivity contribution is 5.77. The lowest BCUT2D eigenvalue weighted by molar-refractivity contribution is -0.140. The zero-order valence-corrected chi connectivity index (χ0v) is 13.7. The van der Waals surface area contributed by atoms with Crippen molar-refractivity contribution in [1.82, 2.24) is 4.90 Å². The van der Waals surface area contributed by atoms with E-state index in [0.717, 1.165) is 11.5 Å². The first kappa shape index (κ1) is 16.3. The Morgan fingerprint density at radius 3 is 2.46 bits per heavy atom. The summed E-state index contributed by atoms with van der Waals surface area (Å²) in [7, 11) is 0. The first-order valence-corrected chi connectivity index (χ1v) is 8.06. The molecule has 0 saturated carbocycles. The van der Waals surface area contributed by atoms with Gasteiger partial charge in [-0.15, -0.1) is 0 Å². The fourth-order valence-corrected chi connectivity index (χ4v) is 2.51. The first-order chi connectivity index (χ1) is 11.7. The van der Waals surface area contributed by atoms with Crippen molar-refractivity contribution in [2.75, 3.05) is 26.3 Å². The van der Waals surface area contributed by atoms with Crippen LogP contribution in [0.25, 0.3) is 0 Å². The monoisotopic (exact) mass is 327 g/mol. The third kappa shape index (κ3) is 4.49. The lowest BCUT2D eigenvalue weighted by Gasteiger charge is -2.31. The molecule has 1 aliphatic heterocycles. The van der Waals surface area contributed by atoms with Gasteiger partial charge in [-0.25, -0.2) is 0 Å². The molecule has 2 aromatic carbocycles. The summed E-state index contributed by atoms with van der Waals surface area (Å²) in [5.41, 5.74) is 0. The Balaban J connectivity index is 1.50. The molecule has 2 aromatic rings. The van der Waals surface area contributed by atoms with Crippen LogP contribution in [0.1, 0.15) is 6.92 Å². The van der Waals surface area contributed by atoms with Crippen LogP contribution in [-0.2, 0) is 9.53 Å². The SMILES string of the molecule is C[C@@H]1CN(C(=O)COc2ccc(Oc3ccccc3)cc2)CCO1. The normalized spacial score (nSPS) is 17.4. The van der Waals surface area contributed by atoms with Crippen molar-refractivity contribution in [3.05, 3.63) is 54.6 Å². The van der Waals surface area contributed by atoms with E-state index < -0.39 is 0 Å². The van der Waals surface area contributed by atoms with E-state index in [1.807, 2.05) is 49.4 Å². The fourth-order valence-electron chi connectivity index (χ4n) is 2.51. The van der Waals surface area contributed by atoms with E-state index >= 15 is 0 Å². The molecule has 1 fully saturated rings. The molecule has 0 unspecified atom stereocenters. The van der Waals surface area contributed by atoms with Crippen molar-refractivity contribution in [2.24, 2.45) is 0 Å². The van der Waals surface area contributed by atoms with Gasteiger partial charge in [0.05, 0.1) is 12.7 Å². The number of benzene rings is 2. The van der Waals surface area contributed by atoms with Crippen molar-refractivity contribution in [3.8, 4) is 17.2 Å². The summed E-state index contributed by atoms with van der Waals surface area (Å²) in [5.74, 6) is 2.13. The number of carbonyl (C=O) groups is 1. The van der Waals surface area contributed by atoms with Gasteiger partial charge in [-0.3, -0.25) is 4.79 Å². The summed E-state index contributed by atoms with van der Waals surface area (Å²) in [5, 5.41) is 0. The van der Waals surface area contributed by atoms with E-state index in [2.05, 4.69) is 0 Å². The van der Waals surface area contributed by atoms with Crippen LogP contribution in [0.2, 0.25) is 0 Å². The lowest BCUT2D eigenvalue weighted by Crippen LogP contribution is -2.46. The van der Waals surface area contributed by atoms with Gasteiger partial charge in [0.1, 0.15) is 17.2 Å². The Bertz CT molecular complexity index is 657. The summed E-state index contributed by atoms with van der Waals surface area (Å²) >= 11 is 0. The minimum absolute atomic E-state index is 0.0187. The van der Waals surface area contributed by atoms with E-state index in [1.165, 1.54) is 0 Å². The van der Waals surface area contributed by atoms with Crippen molar-refractivity contribution < 1.29 is 19.0 Å². The van der Waals surface area contributed by atoms with Crippen LogP contribution in [0.5, 0.6) is 17.2 Å². The first-order valence-electron chi connectivity index (χ1n) is 8.06. The molecule has 0 N–H and O–H groups in total. The molecule has 24 heavy (non-hydrogen) atoms. The van der Waals surface area contributed by atoms with E-state index in [9.17, 15) is 4.79 Å². The molecule has 126 valence electrons. The molecule has 0 radical (unpaired) electrons. The number of hydrogen-bond acceptors (Lipinski definition) is 4. The quantitative estimate of drug-likeness (QED) is 0.847. The van der Waals surface area contributed by atoms with E-state index in [0.29, 0.717) is 25.4 Å². The van der Waals surface area contributed by atoms with Crippen LogP contribution in [0.3, 0.4) is 0 Å². The van der Waals surface area contributed by atoms with Gasteiger partial charge in [-0.2, -0.15) is 0 Å². The number of morpholine rings is 1. The molecule has 0 aromatic heterocycles. The van der Waals surface area contributed by atoms with E-state index in [4.69, 9.17) is 14.2 Å². The third-order valence-electron chi connectivity index (χ3n) is 3.76. The molecule has 1 saturated heterocycles. The summed E-state index contributed by atoms with van der Waals surface area (Å²) < 4.78 is 16.7. The number of carbonyl (C=O) groups excluding carboxylic acids is 1. The Hall–Kier alpha value is -2.53. The number of amides is 1. The van der Waals surface area contributed by atoms with Gasteiger partial charge in [0.15, 0.2) is 6.61 Å². The molecule has 1 amide bonds. The predicted octanol–water partition coefficient (Wildman–Crippen LogP) is 3.11. The minimum atomic E-state index is -0.0187. The number of para-hydroxylation sites is 1. The highest BCUT2D eigenvalue weighted by Crippen LogP contribution is 2.23. The highest BCUT2D eigenvalue weighted by atomic mass is 16.5. The van der Waals surface area contributed by atoms with Gasteiger partial charge in [0, 0.05) is 13.1 Å². The topological polar surface area (TPSA) is 48.0 Å². The molecule has 5 heteroatoms. The van der Waals surface area contributed by atoms with Crippen LogP contribution in [0, 0.1) is 0 Å². The average molecular weight is 327 g/mol. The van der Waals surface area contributed by atoms with Crippen LogP contribution in [0.4, 0.5) is 0 Å². The molecule has 1 aliphatic rings. The maximum Gasteiger partial charge on any atom is 0.260 e. The van der Waals surface area contributed by atoms with Gasteiger partial charge in [-0.05, 0) is 43.3 Å². The third-order valence-corrected chi connectivity index (χ3v) is 3.76. The van der Waals surface area contributed by atoms with Crippen molar-refractivity contribution in [3.63, 3.8) is 0 Å². The molecule has 5 nitrogen and oxygen atoms in total. The van der Waals surface area contributed by atoms with Crippen LogP contribution < -0.4 is 9.47 Å². The molecule has 1 heterocycles. The van der Waals surface area contributed by atoms with Gasteiger partial charge < -0.3 is 19.1 Å². The summed E-state index contributed by atoms with van der Waals surface area (Å²) in [6.07, 6.45) is 0.0807. The molecule has 3 rings (SSSR count). The van der Waals surface area contributed by atoms with E-state index in [-0.39, 0.29) is 18.6 Å². The van der Waals surface area contributed by atoms with Crippen LogP contribution in [-0.4, -0.2) is 43.2 Å². The maximum absolute atomic E-state index is 12.1. The molecule has 0 aliphatic carbocycles. The predicted molar refractivity (Wildman–Crippen MR) is 90.4 cm³/mol. The number of rotatable bonds is 5. The van der Waals surface area contributed by atoms with Gasteiger partial charge >= 0.3 is 0 Å². The zero-order chi connectivity index (χ0) is 16.8. The Morgan fingerprint density at radius 1 is 1.08 bits per heavy atom. The standard InChI is InChI=1S/C19H21NO4/c1-15-13-20(11-12-22-15)19(21)14-23-16-7-9-18(10-8-16)24-17-5-3-2-4-6-17/h2-10,15H,11-14H2,1H3/t15-/m1/s1. The van der Waals surface area contributed by atoms with Crippen LogP contribution in [0.15, 0.2) is 54.6 Å². The van der Waals surface area contributed by atoms with Crippen LogP contribution >= 0.6 is 0 Å². The average Bonchev–Trinajstić information content (AvgIpc) is 2.62. The van der Waals surface area contributed by atoms with Gasteiger partial charge in [-0.1, -0.05) is 18.2 Å². The molecule has 0 spiro atoms. The smallest absolute Gasteiger partial charge is 0.260 e. The lowest BCUT2D eigenvalue weighted by atomic mass is 10.3. The Morgan fingerprint density at radius 2 is 1.75 bits per heavy atom. The Labute approximate surface area is 141 Å². The summed E-state index contributed by atoms with van der Waals surface area (Å²) in [6.45, 7) is 3.82. The fraction of sp³-hybridized carbons (Fsp3) is 0.316. The van der Waals surface area contributed by atoms with E-state index in [1.54, 1.807) is 17.0 Å². The summed E-state index contributed by atoms with van der Waals surface area (Å²) in [4.78, 5) is 13.9. The largest absolute Gasteiger partial charge is 0.484 e. The van der Waals surface area contributed by atoms with Gasteiger partial charge in [0.25, 0.3) is 5.91 Å². The molecular formula is C19H21NO4. The number of ether oxygens (including phenoxy) is 3. The minimum Gasteiger partial charge on any atom is -0.484 e. The van der Waals surface area contributed by atoms with Crippen molar-refractivity contribution >= 4 is 5.91 Å². The molecule has 0 bridgehead atoms. The summed E-state index contributed by atoms with van der Waals surface area (Å²) in [6, 6.07) is 16.8. The maximum atomic E-state index is 12.1. The second-order valence-electron chi connectivity index (χ2n) is 5.70. The van der Waals surface area contributed by atoms with Gasteiger partial charge in [0.2, 0.25) is 0 Å². The Kier molecular flexibility index (Phi) is 5.33. The number of nitrogens with zero attached hydrogens (tertiary/aromatic N) is 1. The molecule has 1 atom stereocenters. The highest BCUT2D eigenvalue weighted by Gasteiger charge is 2.21. The van der Waals surface area contributed by atoms with Crippen molar-refractivity contribution in [1.29, 1.82) is 0 Å². The van der Waals surface area contributed by atoms with Crippen molar-refractivity contribution in [2.45, 2.75) is 13.0 Å². The zero-order valence-electron chi connectivity index (χ0n) is 13.7. The number of hydrogen-bond donors (Lipinski definition) is 0.